The third-order valence-electron chi connectivity index (χ3n) is 4.00. The molecule has 3 nitrogen and oxygen atoms in total. The SMILES string of the molecule is Cc1ccc(/C=C2\SC(Nc3ccc(C(C)(C)C)cc3)=NC2=O)cc1. The molecule has 2 aromatic carbocycles. The zero-order valence-electron chi connectivity index (χ0n) is 15.0. The Morgan fingerprint density at radius 2 is 1.64 bits per heavy atom. The van der Waals surface area contributed by atoms with E-state index in [1.807, 2.05) is 49.4 Å². The Bertz CT molecular complexity index is 841. The number of thioether (sulfide) groups is 1. The van der Waals surface area contributed by atoms with Crippen molar-refractivity contribution in [1.82, 2.24) is 0 Å². The van der Waals surface area contributed by atoms with E-state index in [0.29, 0.717) is 10.1 Å². The smallest absolute Gasteiger partial charge is 0.286 e. The molecule has 0 atom stereocenters. The highest BCUT2D eigenvalue weighted by molar-refractivity contribution is 8.18. The molecule has 0 bridgehead atoms. The summed E-state index contributed by atoms with van der Waals surface area (Å²) in [5.41, 5.74) is 4.54. The van der Waals surface area contributed by atoms with Crippen molar-refractivity contribution in [2.75, 3.05) is 5.32 Å². The van der Waals surface area contributed by atoms with Gasteiger partial charge in [-0.15, -0.1) is 0 Å². The van der Waals surface area contributed by atoms with Crippen LogP contribution in [-0.4, -0.2) is 11.1 Å². The Hall–Kier alpha value is -2.33. The van der Waals surface area contributed by atoms with Crippen molar-refractivity contribution in [2.45, 2.75) is 33.1 Å². The summed E-state index contributed by atoms with van der Waals surface area (Å²) >= 11 is 1.37. The lowest BCUT2D eigenvalue weighted by molar-refractivity contribution is -0.113. The van der Waals surface area contributed by atoms with Gasteiger partial charge in [-0.25, -0.2) is 0 Å². The summed E-state index contributed by atoms with van der Waals surface area (Å²) in [6.07, 6.45) is 1.88. The van der Waals surface area contributed by atoms with E-state index in [-0.39, 0.29) is 11.3 Å². The van der Waals surface area contributed by atoms with Crippen molar-refractivity contribution in [1.29, 1.82) is 0 Å². The van der Waals surface area contributed by atoms with Crippen molar-refractivity contribution in [3.8, 4) is 0 Å². The standard InChI is InChI=1S/C21H22N2OS/c1-14-5-7-15(8-6-14)13-18-19(24)23-20(25-18)22-17-11-9-16(10-12-17)21(2,3)4/h5-13H,1-4H3,(H,22,23,24)/b18-13-. The molecule has 1 amide bonds. The molecule has 128 valence electrons. The molecular weight excluding hydrogens is 328 g/mol. The second-order valence-electron chi connectivity index (χ2n) is 7.20. The molecule has 25 heavy (non-hydrogen) atoms. The largest absolute Gasteiger partial charge is 0.334 e. The van der Waals surface area contributed by atoms with Gasteiger partial charge in [-0.3, -0.25) is 4.79 Å². The zero-order chi connectivity index (χ0) is 18.0. The molecule has 3 rings (SSSR count). The number of benzene rings is 2. The molecule has 1 N–H and O–H groups in total. The lowest BCUT2D eigenvalue weighted by atomic mass is 9.87. The second-order valence-corrected chi connectivity index (χ2v) is 8.23. The van der Waals surface area contributed by atoms with Crippen LogP contribution in [0.1, 0.15) is 37.5 Å². The minimum atomic E-state index is -0.195. The second kappa shape index (κ2) is 6.89. The number of carbonyl (C=O) groups excluding carboxylic acids is 1. The van der Waals surface area contributed by atoms with Crippen LogP contribution >= 0.6 is 11.8 Å². The van der Waals surface area contributed by atoms with Crippen LogP contribution in [0.4, 0.5) is 5.69 Å². The highest BCUT2D eigenvalue weighted by atomic mass is 32.2. The minimum absolute atomic E-state index is 0.123. The molecule has 4 heteroatoms. The van der Waals surface area contributed by atoms with Gasteiger partial charge in [-0.1, -0.05) is 62.7 Å². The van der Waals surface area contributed by atoms with Gasteiger partial charge in [0, 0.05) is 5.69 Å². The van der Waals surface area contributed by atoms with E-state index in [9.17, 15) is 4.79 Å². The molecular formula is C21H22N2OS. The van der Waals surface area contributed by atoms with E-state index in [2.05, 4.69) is 43.2 Å². The number of amides is 1. The molecule has 1 heterocycles. The van der Waals surface area contributed by atoms with Crippen molar-refractivity contribution in [3.63, 3.8) is 0 Å². The first-order valence-electron chi connectivity index (χ1n) is 8.28. The summed E-state index contributed by atoms with van der Waals surface area (Å²) in [6.45, 7) is 8.61. The maximum absolute atomic E-state index is 12.1. The molecule has 1 aliphatic heterocycles. The number of nitrogens with one attached hydrogen (secondary N) is 1. The number of rotatable bonds is 2. The summed E-state index contributed by atoms with van der Waals surface area (Å²) in [7, 11) is 0. The fraction of sp³-hybridized carbons (Fsp3) is 0.238. The number of anilines is 1. The Balaban J connectivity index is 1.70. The Morgan fingerprint density at radius 1 is 1.00 bits per heavy atom. The van der Waals surface area contributed by atoms with E-state index >= 15 is 0 Å². The summed E-state index contributed by atoms with van der Waals surface area (Å²) < 4.78 is 0. The van der Waals surface area contributed by atoms with Crippen LogP contribution in [-0.2, 0) is 10.2 Å². The molecule has 1 aliphatic rings. The molecule has 0 spiro atoms. The predicted molar refractivity (Wildman–Crippen MR) is 108 cm³/mol. The van der Waals surface area contributed by atoms with Crippen molar-refractivity contribution in [2.24, 2.45) is 4.99 Å². The predicted octanol–water partition coefficient (Wildman–Crippen LogP) is 5.37. The molecule has 0 saturated heterocycles. The third-order valence-corrected chi connectivity index (χ3v) is 4.90. The first-order valence-corrected chi connectivity index (χ1v) is 9.10. The van der Waals surface area contributed by atoms with Crippen molar-refractivity contribution >= 4 is 34.6 Å². The number of aryl methyl sites for hydroxylation is 1. The van der Waals surface area contributed by atoms with Crippen LogP contribution in [0.15, 0.2) is 58.4 Å². The highest BCUT2D eigenvalue weighted by Gasteiger charge is 2.22. The summed E-state index contributed by atoms with van der Waals surface area (Å²) in [4.78, 5) is 16.9. The number of hydrogen-bond acceptors (Lipinski definition) is 3. The lowest BCUT2D eigenvalue weighted by Gasteiger charge is -2.19. The number of nitrogens with zero attached hydrogens (tertiary/aromatic N) is 1. The van der Waals surface area contributed by atoms with E-state index in [1.165, 1.54) is 22.9 Å². The molecule has 0 unspecified atom stereocenters. The van der Waals surface area contributed by atoms with Gasteiger partial charge in [0.25, 0.3) is 5.91 Å². The Labute approximate surface area is 153 Å². The molecule has 0 aliphatic carbocycles. The van der Waals surface area contributed by atoms with Gasteiger partial charge in [0.15, 0.2) is 5.17 Å². The quantitative estimate of drug-likeness (QED) is 0.740. The minimum Gasteiger partial charge on any atom is -0.334 e. The van der Waals surface area contributed by atoms with Gasteiger partial charge in [0.2, 0.25) is 0 Å². The van der Waals surface area contributed by atoms with Crippen molar-refractivity contribution in [3.05, 3.63) is 70.1 Å². The van der Waals surface area contributed by atoms with Gasteiger partial charge in [-0.05, 0) is 53.4 Å². The van der Waals surface area contributed by atoms with Gasteiger partial charge < -0.3 is 5.32 Å². The van der Waals surface area contributed by atoms with Gasteiger partial charge in [-0.2, -0.15) is 4.99 Å². The Morgan fingerprint density at radius 3 is 2.24 bits per heavy atom. The first-order chi connectivity index (χ1) is 11.8. The monoisotopic (exact) mass is 350 g/mol. The van der Waals surface area contributed by atoms with Crippen LogP contribution in [0, 0.1) is 6.92 Å². The molecule has 2 aromatic rings. The van der Waals surface area contributed by atoms with E-state index in [1.54, 1.807) is 0 Å². The Kier molecular flexibility index (Phi) is 4.82. The number of carbonyl (C=O) groups is 1. The maximum atomic E-state index is 12.1. The molecule has 0 aromatic heterocycles. The molecule has 0 radical (unpaired) electrons. The summed E-state index contributed by atoms with van der Waals surface area (Å²) in [6, 6.07) is 16.3. The maximum Gasteiger partial charge on any atom is 0.286 e. The number of hydrogen-bond donors (Lipinski definition) is 1. The van der Waals surface area contributed by atoms with Crippen LogP contribution in [0.25, 0.3) is 6.08 Å². The fourth-order valence-corrected chi connectivity index (χ4v) is 3.29. The molecule has 0 fully saturated rings. The zero-order valence-corrected chi connectivity index (χ0v) is 15.8. The average molecular weight is 350 g/mol. The summed E-state index contributed by atoms with van der Waals surface area (Å²) in [5, 5.41) is 3.84. The van der Waals surface area contributed by atoms with Crippen LogP contribution in [0.2, 0.25) is 0 Å². The molecule has 0 saturated carbocycles. The number of aliphatic imine (C=N–C) groups is 1. The highest BCUT2D eigenvalue weighted by Crippen LogP contribution is 2.30. The van der Waals surface area contributed by atoms with Gasteiger partial charge in [0.05, 0.1) is 4.91 Å². The summed E-state index contributed by atoms with van der Waals surface area (Å²) in [5.74, 6) is -0.195. The number of amidine groups is 1. The average Bonchev–Trinajstić information content (AvgIpc) is 2.89. The van der Waals surface area contributed by atoms with Gasteiger partial charge >= 0.3 is 0 Å². The lowest BCUT2D eigenvalue weighted by Crippen LogP contribution is -2.11. The first kappa shape index (κ1) is 17.5. The van der Waals surface area contributed by atoms with E-state index in [4.69, 9.17) is 0 Å². The van der Waals surface area contributed by atoms with Crippen LogP contribution in [0.5, 0.6) is 0 Å². The topological polar surface area (TPSA) is 41.5 Å². The van der Waals surface area contributed by atoms with E-state index < -0.39 is 0 Å². The van der Waals surface area contributed by atoms with Gasteiger partial charge in [0.1, 0.15) is 0 Å². The van der Waals surface area contributed by atoms with E-state index in [0.717, 1.165) is 11.3 Å². The van der Waals surface area contributed by atoms with Crippen LogP contribution in [0.3, 0.4) is 0 Å². The normalized spacial score (nSPS) is 16.2. The van der Waals surface area contributed by atoms with Crippen molar-refractivity contribution < 1.29 is 4.79 Å². The van der Waals surface area contributed by atoms with Crippen LogP contribution < -0.4 is 5.32 Å². The fourth-order valence-electron chi connectivity index (χ4n) is 2.45. The third kappa shape index (κ3) is 4.40.